The van der Waals surface area contributed by atoms with Crippen LogP contribution in [0.3, 0.4) is 0 Å². The fourth-order valence-electron chi connectivity index (χ4n) is 2.47. The number of hydrogen-bond donors (Lipinski definition) is 2. The summed E-state index contributed by atoms with van der Waals surface area (Å²) in [6, 6.07) is 6.69. The number of nitrogens with zero attached hydrogens (tertiary/aromatic N) is 1. The Morgan fingerprint density at radius 1 is 1.33 bits per heavy atom. The average Bonchev–Trinajstić information content (AvgIpc) is 2.54. The van der Waals surface area contributed by atoms with Gasteiger partial charge >= 0.3 is 5.97 Å². The molecule has 0 aliphatic carbocycles. The van der Waals surface area contributed by atoms with Gasteiger partial charge in [-0.25, -0.2) is 0 Å². The predicted molar refractivity (Wildman–Crippen MR) is 87.9 cm³/mol. The number of benzene rings is 1. The van der Waals surface area contributed by atoms with Crippen LogP contribution >= 0.6 is 0 Å². The Balaban J connectivity index is 1.99. The van der Waals surface area contributed by atoms with Crippen molar-refractivity contribution in [3.63, 3.8) is 0 Å². The molecule has 0 spiro atoms. The summed E-state index contributed by atoms with van der Waals surface area (Å²) in [5.74, 6) is -1.53. The Labute approximate surface area is 140 Å². The molecule has 1 heterocycles. The van der Waals surface area contributed by atoms with Crippen molar-refractivity contribution >= 4 is 23.5 Å². The van der Waals surface area contributed by atoms with E-state index in [1.807, 2.05) is 6.07 Å². The molecule has 1 aromatic rings. The molecule has 0 saturated carbocycles. The van der Waals surface area contributed by atoms with Gasteiger partial charge in [-0.15, -0.1) is 0 Å². The molecule has 7 nitrogen and oxygen atoms in total. The highest BCUT2D eigenvalue weighted by Gasteiger charge is 2.31. The average molecular weight is 334 g/mol. The molecule has 7 heteroatoms. The maximum Gasteiger partial charge on any atom is 0.308 e. The topological polar surface area (TPSA) is 95.9 Å². The van der Waals surface area contributed by atoms with E-state index in [1.54, 1.807) is 32.0 Å². The Kier molecular flexibility index (Phi) is 5.43. The van der Waals surface area contributed by atoms with Crippen molar-refractivity contribution in [2.24, 2.45) is 5.92 Å². The van der Waals surface area contributed by atoms with Gasteiger partial charge in [-0.2, -0.15) is 0 Å². The molecule has 0 bridgehead atoms. The van der Waals surface area contributed by atoms with Crippen molar-refractivity contribution in [3.8, 4) is 5.75 Å². The Hall–Kier alpha value is -2.57. The molecule has 2 N–H and O–H groups in total. The highest BCUT2D eigenvalue weighted by molar-refractivity contribution is 6.00. The van der Waals surface area contributed by atoms with Crippen LogP contribution in [0.4, 0.5) is 5.69 Å². The molecular formula is C17H22N2O5. The molecule has 3 unspecified atom stereocenters. The van der Waals surface area contributed by atoms with Crippen molar-refractivity contribution < 1.29 is 24.2 Å². The number of carboxylic acid groups (broad SMARTS) is 1. The molecule has 1 aliphatic rings. The van der Waals surface area contributed by atoms with Crippen molar-refractivity contribution in [2.45, 2.75) is 39.3 Å². The predicted octanol–water partition coefficient (Wildman–Crippen LogP) is 1.42. The van der Waals surface area contributed by atoms with E-state index < -0.39 is 24.0 Å². The second-order valence-electron chi connectivity index (χ2n) is 5.95. The van der Waals surface area contributed by atoms with Gasteiger partial charge < -0.3 is 20.1 Å². The van der Waals surface area contributed by atoms with Gasteiger partial charge in [0.25, 0.3) is 5.91 Å². The molecule has 0 aromatic heterocycles. The highest BCUT2D eigenvalue weighted by atomic mass is 16.5. The molecule has 24 heavy (non-hydrogen) atoms. The van der Waals surface area contributed by atoms with E-state index in [4.69, 9.17) is 9.84 Å². The molecule has 130 valence electrons. The van der Waals surface area contributed by atoms with Gasteiger partial charge in [0.2, 0.25) is 5.91 Å². The second-order valence-corrected chi connectivity index (χ2v) is 5.95. The third-order valence-corrected chi connectivity index (χ3v) is 4.16. The number of para-hydroxylation sites is 2. The first-order valence-electron chi connectivity index (χ1n) is 7.90. The standard InChI is InChI=1S/C17H22N2O5/c1-10(17(22)23)11(2)18-15(20)8-9-19-13-6-4-5-7-14(13)24-12(3)16(19)21/h4-7,10-12H,8-9H2,1-3H3,(H,18,20)(H,22,23). The number of carbonyl (C=O) groups excluding carboxylic acids is 2. The van der Waals surface area contributed by atoms with Crippen LogP contribution in [0.1, 0.15) is 27.2 Å². The van der Waals surface area contributed by atoms with E-state index in [2.05, 4.69) is 5.32 Å². The zero-order valence-electron chi connectivity index (χ0n) is 14.0. The minimum atomic E-state index is -0.964. The molecule has 0 saturated heterocycles. The summed E-state index contributed by atoms with van der Waals surface area (Å²) in [5.41, 5.74) is 0.639. The summed E-state index contributed by atoms with van der Waals surface area (Å²) < 4.78 is 5.55. The van der Waals surface area contributed by atoms with E-state index in [0.717, 1.165) is 0 Å². The number of amides is 2. The van der Waals surface area contributed by atoms with Crippen molar-refractivity contribution in [1.29, 1.82) is 0 Å². The smallest absolute Gasteiger partial charge is 0.308 e. The van der Waals surface area contributed by atoms with Crippen LogP contribution < -0.4 is 15.0 Å². The SMILES string of the molecule is CC1Oc2ccccc2N(CCC(=O)NC(C)C(C)C(=O)O)C1=O. The summed E-state index contributed by atoms with van der Waals surface area (Å²) >= 11 is 0. The highest BCUT2D eigenvalue weighted by Crippen LogP contribution is 2.33. The normalized spacial score (nSPS) is 19.0. The van der Waals surface area contributed by atoms with Crippen LogP contribution in [0.5, 0.6) is 5.75 Å². The maximum absolute atomic E-state index is 12.3. The van der Waals surface area contributed by atoms with Crippen LogP contribution in [0.15, 0.2) is 24.3 Å². The Morgan fingerprint density at radius 3 is 2.67 bits per heavy atom. The first-order chi connectivity index (χ1) is 11.3. The van der Waals surface area contributed by atoms with Crippen LogP contribution in [0.2, 0.25) is 0 Å². The van der Waals surface area contributed by atoms with Gasteiger partial charge in [-0.05, 0) is 32.9 Å². The Bertz CT molecular complexity index is 646. The van der Waals surface area contributed by atoms with E-state index in [0.29, 0.717) is 11.4 Å². The molecule has 1 aliphatic heterocycles. The molecule has 3 atom stereocenters. The lowest BCUT2D eigenvalue weighted by atomic mass is 10.0. The van der Waals surface area contributed by atoms with Gasteiger partial charge in [0.15, 0.2) is 6.10 Å². The number of aliphatic carboxylic acids is 1. The lowest BCUT2D eigenvalue weighted by Crippen LogP contribution is -2.46. The fraction of sp³-hybridized carbons (Fsp3) is 0.471. The zero-order valence-corrected chi connectivity index (χ0v) is 14.0. The zero-order chi connectivity index (χ0) is 17.9. The number of hydrogen-bond acceptors (Lipinski definition) is 4. The Morgan fingerprint density at radius 2 is 2.00 bits per heavy atom. The van der Waals surface area contributed by atoms with Crippen LogP contribution in [0, 0.1) is 5.92 Å². The molecule has 0 radical (unpaired) electrons. The van der Waals surface area contributed by atoms with E-state index in [1.165, 1.54) is 11.8 Å². The van der Waals surface area contributed by atoms with Crippen molar-refractivity contribution in [2.75, 3.05) is 11.4 Å². The number of ether oxygens (including phenoxy) is 1. The fourth-order valence-corrected chi connectivity index (χ4v) is 2.47. The monoisotopic (exact) mass is 334 g/mol. The first kappa shape index (κ1) is 17.8. The van der Waals surface area contributed by atoms with Gasteiger partial charge in [0, 0.05) is 19.0 Å². The maximum atomic E-state index is 12.3. The van der Waals surface area contributed by atoms with Crippen LogP contribution in [-0.2, 0) is 14.4 Å². The second kappa shape index (κ2) is 7.33. The van der Waals surface area contributed by atoms with E-state index >= 15 is 0 Å². The number of rotatable bonds is 6. The summed E-state index contributed by atoms with van der Waals surface area (Å²) in [6.45, 7) is 5.07. The number of fused-ring (bicyclic) bond motifs is 1. The van der Waals surface area contributed by atoms with Gasteiger partial charge in [-0.3, -0.25) is 14.4 Å². The van der Waals surface area contributed by atoms with Gasteiger partial charge in [0.1, 0.15) is 5.75 Å². The van der Waals surface area contributed by atoms with Gasteiger partial charge in [-0.1, -0.05) is 12.1 Å². The molecular weight excluding hydrogens is 312 g/mol. The largest absolute Gasteiger partial charge is 0.481 e. The van der Waals surface area contributed by atoms with Crippen molar-refractivity contribution in [1.82, 2.24) is 5.32 Å². The summed E-state index contributed by atoms with van der Waals surface area (Å²) in [4.78, 5) is 36.8. The number of anilines is 1. The minimum Gasteiger partial charge on any atom is -0.481 e. The third kappa shape index (κ3) is 3.84. The number of carboxylic acids is 1. The van der Waals surface area contributed by atoms with Crippen molar-refractivity contribution in [3.05, 3.63) is 24.3 Å². The van der Waals surface area contributed by atoms with Crippen LogP contribution in [-0.4, -0.2) is 41.6 Å². The summed E-state index contributed by atoms with van der Waals surface area (Å²) in [5, 5.41) is 11.6. The molecule has 2 amide bonds. The summed E-state index contributed by atoms with van der Waals surface area (Å²) in [7, 11) is 0. The quantitative estimate of drug-likeness (QED) is 0.820. The number of nitrogens with one attached hydrogen (secondary N) is 1. The summed E-state index contributed by atoms with van der Waals surface area (Å²) in [6.07, 6.45) is -0.516. The molecule has 1 aromatic carbocycles. The van der Waals surface area contributed by atoms with E-state index in [-0.39, 0.29) is 24.8 Å². The molecule has 2 rings (SSSR count). The molecule has 0 fully saturated rings. The number of carbonyl (C=O) groups is 3. The third-order valence-electron chi connectivity index (χ3n) is 4.16. The van der Waals surface area contributed by atoms with Gasteiger partial charge in [0.05, 0.1) is 11.6 Å². The van der Waals surface area contributed by atoms with E-state index in [9.17, 15) is 14.4 Å². The van der Waals surface area contributed by atoms with Crippen LogP contribution in [0.25, 0.3) is 0 Å². The first-order valence-corrected chi connectivity index (χ1v) is 7.90. The lowest BCUT2D eigenvalue weighted by Gasteiger charge is -2.33. The lowest BCUT2D eigenvalue weighted by molar-refractivity contribution is -0.142. The minimum absolute atomic E-state index is 0.0868.